The molecule has 1 heterocycles. The van der Waals surface area contributed by atoms with Crippen LogP contribution < -0.4 is 14.4 Å². The Labute approximate surface area is 157 Å². The van der Waals surface area contributed by atoms with Gasteiger partial charge in [0.2, 0.25) is 5.91 Å². The molecule has 0 unspecified atom stereocenters. The van der Waals surface area contributed by atoms with Gasteiger partial charge in [-0.15, -0.1) is 0 Å². The van der Waals surface area contributed by atoms with Crippen molar-refractivity contribution in [2.45, 2.75) is 20.3 Å². The minimum absolute atomic E-state index is 0.0966. The van der Waals surface area contributed by atoms with Gasteiger partial charge in [-0.2, -0.15) is 0 Å². The van der Waals surface area contributed by atoms with E-state index in [4.69, 9.17) is 21.1 Å². The van der Waals surface area contributed by atoms with E-state index in [1.165, 1.54) is 12.0 Å². The van der Waals surface area contributed by atoms with Crippen molar-refractivity contribution in [3.63, 3.8) is 0 Å². The molecule has 1 fully saturated rings. The quantitative estimate of drug-likeness (QED) is 0.602. The van der Waals surface area contributed by atoms with Crippen molar-refractivity contribution in [2.24, 2.45) is 5.92 Å². The number of methoxy groups -OCH3 is 1. The average molecular weight is 374 g/mol. The van der Waals surface area contributed by atoms with E-state index in [-0.39, 0.29) is 18.9 Å². The molecule has 1 amide bonds. The fraction of sp³-hybridized carbons (Fsp3) is 0.300. The molecule has 26 heavy (non-hydrogen) atoms. The second-order valence-electron chi connectivity index (χ2n) is 6.39. The Kier molecular flexibility index (Phi) is 5.18. The zero-order valence-corrected chi connectivity index (χ0v) is 15.7. The van der Waals surface area contributed by atoms with Crippen LogP contribution in [0.5, 0.6) is 11.5 Å². The lowest BCUT2D eigenvalue weighted by Crippen LogP contribution is -2.27. The van der Waals surface area contributed by atoms with Crippen LogP contribution in [0.2, 0.25) is 5.02 Å². The van der Waals surface area contributed by atoms with E-state index in [1.54, 1.807) is 24.3 Å². The van der Waals surface area contributed by atoms with Crippen LogP contribution >= 0.6 is 11.6 Å². The van der Waals surface area contributed by atoms with Crippen LogP contribution in [-0.4, -0.2) is 25.5 Å². The third-order valence-electron chi connectivity index (χ3n) is 4.59. The van der Waals surface area contributed by atoms with Crippen LogP contribution in [0, 0.1) is 19.8 Å². The Morgan fingerprint density at radius 2 is 1.92 bits per heavy atom. The Morgan fingerprint density at radius 3 is 2.62 bits per heavy atom. The number of nitrogens with zero attached hydrogens (tertiary/aromatic N) is 1. The molecule has 0 N–H and O–H groups in total. The number of hydrogen-bond donors (Lipinski definition) is 0. The standard InChI is InChI=1S/C20H20ClNO4/c1-12-4-6-16(8-13(12)2)26-20(24)14-9-19(23)22(11-14)17-10-15(21)5-7-18(17)25-3/h4-8,10,14H,9,11H2,1-3H3/t14-/m1/s1. The Hall–Kier alpha value is -2.53. The van der Waals surface area contributed by atoms with Crippen LogP contribution in [0.4, 0.5) is 5.69 Å². The highest BCUT2D eigenvalue weighted by molar-refractivity contribution is 6.31. The van der Waals surface area contributed by atoms with E-state index >= 15 is 0 Å². The topological polar surface area (TPSA) is 55.8 Å². The average Bonchev–Trinajstić information content (AvgIpc) is 3.00. The summed E-state index contributed by atoms with van der Waals surface area (Å²) in [5.41, 5.74) is 2.73. The molecule has 2 aromatic rings. The predicted octanol–water partition coefficient (Wildman–Crippen LogP) is 3.92. The van der Waals surface area contributed by atoms with Gasteiger partial charge in [-0.05, 0) is 55.3 Å². The summed E-state index contributed by atoms with van der Waals surface area (Å²) < 4.78 is 10.8. The van der Waals surface area contributed by atoms with Crippen LogP contribution in [0.1, 0.15) is 17.5 Å². The zero-order chi connectivity index (χ0) is 18.8. The summed E-state index contributed by atoms with van der Waals surface area (Å²) in [6, 6.07) is 10.5. The maximum absolute atomic E-state index is 12.5. The Balaban J connectivity index is 1.76. The summed E-state index contributed by atoms with van der Waals surface area (Å²) in [6.07, 6.45) is 0.0966. The van der Waals surface area contributed by atoms with E-state index in [1.807, 2.05) is 26.0 Å². The highest BCUT2D eigenvalue weighted by Gasteiger charge is 2.37. The van der Waals surface area contributed by atoms with E-state index in [2.05, 4.69) is 0 Å². The summed E-state index contributed by atoms with van der Waals surface area (Å²) >= 11 is 6.05. The summed E-state index contributed by atoms with van der Waals surface area (Å²) in [7, 11) is 1.53. The molecule has 0 spiro atoms. The highest BCUT2D eigenvalue weighted by atomic mass is 35.5. The zero-order valence-electron chi connectivity index (χ0n) is 14.9. The van der Waals surface area contributed by atoms with E-state index in [9.17, 15) is 9.59 Å². The fourth-order valence-electron chi connectivity index (χ4n) is 2.95. The number of ether oxygens (including phenoxy) is 2. The molecular formula is C20H20ClNO4. The number of aryl methyl sites for hydroxylation is 2. The molecule has 0 saturated carbocycles. The number of hydrogen-bond acceptors (Lipinski definition) is 4. The number of halogens is 1. The van der Waals surface area contributed by atoms with Gasteiger partial charge >= 0.3 is 5.97 Å². The predicted molar refractivity (Wildman–Crippen MR) is 100 cm³/mol. The van der Waals surface area contributed by atoms with Gasteiger partial charge in [0.05, 0.1) is 18.7 Å². The molecule has 0 aromatic heterocycles. The van der Waals surface area contributed by atoms with E-state index in [0.717, 1.165) is 11.1 Å². The lowest BCUT2D eigenvalue weighted by atomic mass is 10.1. The smallest absolute Gasteiger partial charge is 0.316 e. The molecule has 1 aliphatic heterocycles. The Morgan fingerprint density at radius 1 is 1.15 bits per heavy atom. The molecular weight excluding hydrogens is 354 g/mol. The maximum Gasteiger partial charge on any atom is 0.316 e. The first-order valence-corrected chi connectivity index (χ1v) is 8.69. The molecule has 0 bridgehead atoms. The third-order valence-corrected chi connectivity index (χ3v) is 4.82. The van der Waals surface area contributed by atoms with Gasteiger partial charge in [-0.1, -0.05) is 17.7 Å². The summed E-state index contributed by atoms with van der Waals surface area (Å²) in [4.78, 5) is 26.5. The van der Waals surface area contributed by atoms with Crippen molar-refractivity contribution in [2.75, 3.05) is 18.6 Å². The second-order valence-corrected chi connectivity index (χ2v) is 6.83. The minimum atomic E-state index is -0.534. The van der Waals surface area contributed by atoms with Gasteiger partial charge in [-0.25, -0.2) is 0 Å². The van der Waals surface area contributed by atoms with Crippen molar-refractivity contribution in [3.8, 4) is 11.5 Å². The largest absolute Gasteiger partial charge is 0.495 e. The van der Waals surface area contributed by atoms with Crippen molar-refractivity contribution >= 4 is 29.2 Å². The molecule has 0 aliphatic carbocycles. The van der Waals surface area contributed by atoms with Gasteiger partial charge in [-0.3, -0.25) is 9.59 Å². The molecule has 6 heteroatoms. The molecule has 2 aromatic carbocycles. The molecule has 1 atom stereocenters. The molecule has 136 valence electrons. The van der Waals surface area contributed by atoms with Gasteiger partial charge in [0.25, 0.3) is 0 Å². The maximum atomic E-state index is 12.5. The van der Waals surface area contributed by atoms with Gasteiger partial charge in [0, 0.05) is 18.0 Å². The highest BCUT2D eigenvalue weighted by Crippen LogP contribution is 2.35. The van der Waals surface area contributed by atoms with Crippen LogP contribution in [0.3, 0.4) is 0 Å². The number of carbonyl (C=O) groups excluding carboxylic acids is 2. The Bertz CT molecular complexity index is 865. The van der Waals surface area contributed by atoms with Crippen molar-refractivity contribution in [1.29, 1.82) is 0 Å². The number of anilines is 1. The SMILES string of the molecule is COc1ccc(Cl)cc1N1C[C@H](C(=O)Oc2ccc(C)c(C)c2)CC1=O. The van der Waals surface area contributed by atoms with Crippen LogP contribution in [-0.2, 0) is 9.59 Å². The van der Waals surface area contributed by atoms with E-state index < -0.39 is 11.9 Å². The number of rotatable bonds is 4. The van der Waals surface area contributed by atoms with Gasteiger partial charge in [0.1, 0.15) is 11.5 Å². The first kappa shape index (κ1) is 18.3. The number of amides is 1. The van der Waals surface area contributed by atoms with Crippen LogP contribution in [0.25, 0.3) is 0 Å². The lowest BCUT2D eigenvalue weighted by molar-refractivity contribution is -0.139. The van der Waals surface area contributed by atoms with Crippen molar-refractivity contribution in [3.05, 3.63) is 52.5 Å². The van der Waals surface area contributed by atoms with Gasteiger partial charge < -0.3 is 14.4 Å². The van der Waals surface area contributed by atoms with Gasteiger partial charge in [0.15, 0.2) is 0 Å². The first-order chi connectivity index (χ1) is 12.4. The van der Waals surface area contributed by atoms with Crippen molar-refractivity contribution < 1.29 is 19.1 Å². The monoisotopic (exact) mass is 373 g/mol. The van der Waals surface area contributed by atoms with E-state index in [0.29, 0.717) is 22.2 Å². The minimum Gasteiger partial charge on any atom is -0.495 e. The lowest BCUT2D eigenvalue weighted by Gasteiger charge is -2.19. The molecule has 1 aliphatic rings. The normalized spacial score (nSPS) is 16.7. The number of benzene rings is 2. The number of esters is 1. The summed E-state index contributed by atoms with van der Waals surface area (Å²) in [5, 5.41) is 0.495. The number of carbonyl (C=O) groups is 2. The van der Waals surface area contributed by atoms with Crippen LogP contribution in [0.15, 0.2) is 36.4 Å². The molecule has 1 saturated heterocycles. The third kappa shape index (κ3) is 3.68. The molecule has 0 radical (unpaired) electrons. The first-order valence-electron chi connectivity index (χ1n) is 8.32. The summed E-state index contributed by atoms with van der Waals surface area (Å²) in [5.74, 6) is -0.0826. The van der Waals surface area contributed by atoms with Crippen molar-refractivity contribution in [1.82, 2.24) is 0 Å². The molecule has 3 rings (SSSR count). The summed E-state index contributed by atoms with van der Waals surface area (Å²) in [6.45, 7) is 4.19. The second kappa shape index (κ2) is 7.38. The molecule has 5 nitrogen and oxygen atoms in total. The fourth-order valence-corrected chi connectivity index (χ4v) is 3.12.